The van der Waals surface area contributed by atoms with Crippen molar-refractivity contribution < 1.29 is 9.26 Å². The minimum atomic E-state index is 0.345. The van der Waals surface area contributed by atoms with Gasteiger partial charge in [-0.15, -0.1) is 0 Å². The van der Waals surface area contributed by atoms with Crippen LogP contribution in [0.3, 0.4) is 0 Å². The van der Waals surface area contributed by atoms with Gasteiger partial charge in [-0.25, -0.2) is 9.97 Å². The molecule has 0 saturated carbocycles. The van der Waals surface area contributed by atoms with Crippen molar-refractivity contribution >= 4 is 0 Å². The number of pyridine rings is 1. The first-order chi connectivity index (χ1) is 13.3. The molecule has 4 aromatic rings. The van der Waals surface area contributed by atoms with Crippen molar-refractivity contribution in [1.82, 2.24) is 20.1 Å². The highest BCUT2D eigenvalue weighted by Crippen LogP contribution is 2.21. The maximum atomic E-state index is 5.73. The van der Waals surface area contributed by atoms with E-state index in [1.165, 1.54) is 0 Å². The fourth-order valence-corrected chi connectivity index (χ4v) is 2.59. The molecule has 0 aliphatic rings. The van der Waals surface area contributed by atoms with Crippen LogP contribution in [0.15, 0.2) is 71.8 Å². The predicted molar refractivity (Wildman–Crippen MR) is 100 cm³/mol. The van der Waals surface area contributed by atoms with Crippen molar-refractivity contribution in [3.63, 3.8) is 0 Å². The van der Waals surface area contributed by atoms with Gasteiger partial charge in [-0.2, -0.15) is 0 Å². The van der Waals surface area contributed by atoms with Crippen LogP contribution in [0, 0.1) is 6.92 Å². The van der Waals surface area contributed by atoms with Crippen LogP contribution >= 0.6 is 0 Å². The average Bonchev–Trinajstić information content (AvgIpc) is 3.18. The molecular weight excluding hydrogens is 340 g/mol. The van der Waals surface area contributed by atoms with E-state index in [1.807, 2.05) is 49.4 Å². The fourth-order valence-electron chi connectivity index (χ4n) is 2.59. The molecule has 0 N–H and O–H groups in total. The summed E-state index contributed by atoms with van der Waals surface area (Å²) in [5, 5.41) is 4.14. The molecule has 0 unspecified atom stereocenters. The zero-order valence-corrected chi connectivity index (χ0v) is 14.9. The minimum Gasteiger partial charge on any atom is -0.486 e. The van der Waals surface area contributed by atoms with Gasteiger partial charge in [0.25, 0.3) is 0 Å². The molecule has 27 heavy (non-hydrogen) atoms. The van der Waals surface area contributed by atoms with Gasteiger partial charge >= 0.3 is 0 Å². The smallest absolute Gasteiger partial charge is 0.168 e. The zero-order valence-electron chi connectivity index (χ0n) is 14.9. The van der Waals surface area contributed by atoms with Crippen LogP contribution in [0.1, 0.15) is 22.6 Å². The quantitative estimate of drug-likeness (QED) is 0.518. The van der Waals surface area contributed by atoms with Gasteiger partial charge in [0.05, 0.1) is 5.69 Å². The van der Waals surface area contributed by atoms with Crippen LogP contribution in [-0.2, 0) is 13.0 Å². The van der Waals surface area contributed by atoms with E-state index in [9.17, 15) is 0 Å². The van der Waals surface area contributed by atoms with Crippen LogP contribution in [0.25, 0.3) is 11.3 Å². The van der Waals surface area contributed by atoms with Gasteiger partial charge in [0.15, 0.2) is 11.6 Å². The first-order valence-electron chi connectivity index (χ1n) is 8.61. The monoisotopic (exact) mass is 358 g/mol. The Morgan fingerprint density at radius 3 is 2.56 bits per heavy atom. The number of aromatic nitrogens is 4. The van der Waals surface area contributed by atoms with Gasteiger partial charge in [-0.05, 0) is 42.3 Å². The second kappa shape index (κ2) is 7.78. The predicted octanol–water partition coefficient (Wildman–Crippen LogP) is 4.00. The molecule has 3 heterocycles. The van der Waals surface area contributed by atoms with Crippen molar-refractivity contribution in [1.29, 1.82) is 0 Å². The fraction of sp³-hybridized carbons (Fsp3) is 0.143. The molecule has 0 bridgehead atoms. The Bertz CT molecular complexity index is 997. The summed E-state index contributed by atoms with van der Waals surface area (Å²) >= 11 is 0. The Balaban J connectivity index is 1.36. The standard InChI is InChI=1S/C21H18N4O2/c1-15-11-23-21(24-12-15)14-26-19-6-4-16(5-7-19)9-18-10-20(27-25-18)17-3-2-8-22-13-17/h2-8,10-13H,9,14H2,1H3. The summed E-state index contributed by atoms with van der Waals surface area (Å²) in [6.07, 6.45) is 7.74. The summed E-state index contributed by atoms with van der Waals surface area (Å²) in [5.74, 6) is 2.16. The van der Waals surface area contributed by atoms with Crippen molar-refractivity contribution in [3.05, 3.63) is 89.9 Å². The number of benzene rings is 1. The molecule has 0 radical (unpaired) electrons. The lowest BCUT2D eigenvalue weighted by Crippen LogP contribution is -2.01. The molecule has 6 nitrogen and oxygen atoms in total. The van der Waals surface area contributed by atoms with Crippen LogP contribution in [0.5, 0.6) is 5.75 Å². The number of aryl methyl sites for hydroxylation is 1. The number of ether oxygens (including phenoxy) is 1. The third kappa shape index (κ3) is 4.36. The van der Waals surface area contributed by atoms with Gasteiger partial charge in [0.2, 0.25) is 0 Å². The van der Waals surface area contributed by atoms with Crippen LogP contribution in [-0.4, -0.2) is 20.1 Å². The number of hydrogen-bond acceptors (Lipinski definition) is 6. The van der Waals surface area contributed by atoms with Gasteiger partial charge in [0.1, 0.15) is 12.4 Å². The molecule has 0 fully saturated rings. The summed E-state index contributed by atoms with van der Waals surface area (Å²) in [6.45, 7) is 2.30. The molecule has 0 amide bonds. The lowest BCUT2D eigenvalue weighted by molar-refractivity contribution is 0.295. The third-order valence-electron chi connectivity index (χ3n) is 4.02. The van der Waals surface area contributed by atoms with Gasteiger partial charge < -0.3 is 9.26 Å². The SMILES string of the molecule is Cc1cnc(COc2ccc(Cc3cc(-c4cccnc4)on3)cc2)nc1. The molecular formula is C21H18N4O2. The van der Waals surface area contributed by atoms with Crippen LogP contribution < -0.4 is 4.74 Å². The summed E-state index contributed by atoms with van der Waals surface area (Å²) < 4.78 is 11.1. The van der Waals surface area contributed by atoms with E-state index in [0.717, 1.165) is 33.9 Å². The molecule has 0 atom stereocenters. The number of hydrogen-bond donors (Lipinski definition) is 0. The van der Waals surface area contributed by atoms with Crippen LogP contribution in [0.4, 0.5) is 0 Å². The van der Waals surface area contributed by atoms with E-state index in [1.54, 1.807) is 24.8 Å². The second-order valence-corrected chi connectivity index (χ2v) is 6.21. The highest BCUT2D eigenvalue weighted by molar-refractivity contribution is 5.55. The molecule has 0 aliphatic heterocycles. The first kappa shape index (κ1) is 16.9. The normalized spacial score (nSPS) is 10.7. The summed E-state index contributed by atoms with van der Waals surface area (Å²) in [6, 6.07) is 13.7. The van der Waals surface area contributed by atoms with E-state index < -0.39 is 0 Å². The zero-order chi connectivity index (χ0) is 18.5. The van der Waals surface area contributed by atoms with Gasteiger partial charge in [-0.1, -0.05) is 17.3 Å². The highest BCUT2D eigenvalue weighted by atomic mass is 16.5. The largest absolute Gasteiger partial charge is 0.486 e. The molecule has 0 saturated heterocycles. The maximum Gasteiger partial charge on any atom is 0.168 e. The Hall–Kier alpha value is -3.54. The Labute approximate surface area is 156 Å². The van der Waals surface area contributed by atoms with E-state index >= 15 is 0 Å². The van der Waals surface area contributed by atoms with E-state index in [4.69, 9.17) is 9.26 Å². The third-order valence-corrected chi connectivity index (χ3v) is 4.02. The van der Waals surface area contributed by atoms with E-state index in [0.29, 0.717) is 18.9 Å². The van der Waals surface area contributed by atoms with E-state index in [-0.39, 0.29) is 0 Å². The molecule has 6 heteroatoms. The Morgan fingerprint density at radius 1 is 1.00 bits per heavy atom. The van der Waals surface area contributed by atoms with Crippen molar-refractivity contribution in [2.24, 2.45) is 0 Å². The topological polar surface area (TPSA) is 73.9 Å². The summed E-state index contributed by atoms with van der Waals surface area (Å²) in [4.78, 5) is 12.6. The highest BCUT2D eigenvalue weighted by Gasteiger charge is 2.08. The number of rotatable bonds is 6. The van der Waals surface area contributed by atoms with Crippen molar-refractivity contribution in [2.75, 3.05) is 0 Å². The van der Waals surface area contributed by atoms with Crippen molar-refractivity contribution in [2.45, 2.75) is 20.0 Å². The molecule has 1 aromatic carbocycles. The molecule has 3 aromatic heterocycles. The van der Waals surface area contributed by atoms with Gasteiger partial charge in [-0.3, -0.25) is 4.98 Å². The molecule has 4 rings (SSSR count). The van der Waals surface area contributed by atoms with E-state index in [2.05, 4.69) is 20.1 Å². The summed E-state index contributed by atoms with van der Waals surface area (Å²) in [5.41, 5.74) is 3.94. The van der Waals surface area contributed by atoms with Crippen molar-refractivity contribution in [3.8, 4) is 17.1 Å². The maximum absolute atomic E-state index is 5.73. The first-order valence-corrected chi connectivity index (χ1v) is 8.61. The Kier molecular flexibility index (Phi) is 4.87. The van der Waals surface area contributed by atoms with Crippen LogP contribution in [0.2, 0.25) is 0 Å². The lowest BCUT2D eigenvalue weighted by Gasteiger charge is -2.06. The average molecular weight is 358 g/mol. The molecule has 134 valence electrons. The number of nitrogens with zero attached hydrogens (tertiary/aromatic N) is 4. The van der Waals surface area contributed by atoms with Gasteiger partial charge in [0, 0.05) is 42.8 Å². The lowest BCUT2D eigenvalue weighted by atomic mass is 10.1. The second-order valence-electron chi connectivity index (χ2n) is 6.21. The Morgan fingerprint density at radius 2 is 1.81 bits per heavy atom. The summed E-state index contributed by atoms with van der Waals surface area (Å²) in [7, 11) is 0. The minimum absolute atomic E-state index is 0.345. The molecule has 0 spiro atoms. The molecule has 0 aliphatic carbocycles.